The third-order valence-corrected chi connectivity index (χ3v) is 6.93. The molecular weight excluding hydrogens is 444 g/mol. The fraction of sp³-hybridized carbons (Fsp3) is 0.517. The van der Waals surface area contributed by atoms with Gasteiger partial charge in [-0.1, -0.05) is 86.0 Å². The fourth-order valence-corrected chi connectivity index (χ4v) is 5.14. The molecule has 6 heteroatoms. The predicted molar refractivity (Wildman–Crippen MR) is 132 cm³/mol. The van der Waals surface area contributed by atoms with Gasteiger partial charge >= 0.3 is 0 Å². The average molecular weight is 481 g/mol. The molecule has 3 aliphatic rings. The van der Waals surface area contributed by atoms with E-state index < -0.39 is 24.8 Å². The van der Waals surface area contributed by atoms with Crippen LogP contribution in [-0.4, -0.2) is 50.0 Å². The van der Waals surface area contributed by atoms with Crippen LogP contribution in [0.5, 0.6) is 0 Å². The van der Waals surface area contributed by atoms with Crippen molar-refractivity contribution in [1.29, 1.82) is 0 Å². The second-order valence-corrected chi connectivity index (χ2v) is 9.46. The predicted octanol–water partition coefficient (Wildman–Crippen LogP) is 5.33. The molecule has 2 saturated heterocycles. The highest BCUT2D eigenvalue weighted by Crippen LogP contribution is 2.38. The topological polar surface area (TPSA) is 55.4 Å². The molecule has 1 saturated carbocycles. The first kappa shape index (κ1) is 24.6. The van der Waals surface area contributed by atoms with E-state index in [1.54, 1.807) is 6.08 Å². The van der Waals surface area contributed by atoms with E-state index in [1.807, 2.05) is 48.5 Å². The van der Waals surface area contributed by atoms with Crippen LogP contribution in [0, 0.1) is 0 Å². The van der Waals surface area contributed by atoms with Crippen LogP contribution in [-0.2, 0) is 35.0 Å². The minimum absolute atomic E-state index is 0.164. The van der Waals surface area contributed by atoms with Gasteiger partial charge in [0.2, 0.25) is 0 Å². The maximum absolute atomic E-state index is 6.55. The van der Waals surface area contributed by atoms with E-state index in [0.29, 0.717) is 19.8 Å². The Morgan fingerprint density at radius 1 is 0.857 bits per heavy atom. The molecule has 188 valence electrons. The van der Waals surface area contributed by atoms with Gasteiger partial charge in [-0.05, 0) is 18.4 Å². The normalized spacial score (nSPS) is 31.5. The Morgan fingerprint density at radius 2 is 1.60 bits per heavy atom. The van der Waals surface area contributed by atoms with Gasteiger partial charge in [0.1, 0.15) is 24.4 Å². The van der Waals surface area contributed by atoms with Gasteiger partial charge in [0.05, 0.1) is 25.9 Å². The van der Waals surface area contributed by atoms with E-state index in [2.05, 4.69) is 18.7 Å². The Kier molecular flexibility index (Phi) is 8.63. The molecule has 6 nitrogen and oxygen atoms in total. The zero-order valence-electron chi connectivity index (χ0n) is 20.2. The molecule has 0 bridgehead atoms. The number of ether oxygens (including phenoxy) is 6. The second-order valence-electron chi connectivity index (χ2n) is 9.46. The summed E-state index contributed by atoms with van der Waals surface area (Å²) in [5.41, 5.74) is 2.06. The van der Waals surface area contributed by atoms with Crippen molar-refractivity contribution in [3.63, 3.8) is 0 Å². The lowest BCUT2D eigenvalue weighted by Gasteiger charge is -2.49. The van der Waals surface area contributed by atoms with Crippen LogP contribution in [0.1, 0.15) is 49.5 Å². The molecule has 0 spiro atoms. The van der Waals surface area contributed by atoms with Crippen molar-refractivity contribution in [2.75, 3.05) is 13.2 Å². The summed E-state index contributed by atoms with van der Waals surface area (Å²) in [6, 6.07) is 20.1. The highest BCUT2D eigenvalue weighted by atomic mass is 16.8. The van der Waals surface area contributed by atoms with Crippen molar-refractivity contribution >= 4 is 0 Å². The molecule has 0 radical (unpaired) electrons. The fourth-order valence-electron chi connectivity index (χ4n) is 5.14. The van der Waals surface area contributed by atoms with Gasteiger partial charge in [0.15, 0.2) is 12.6 Å². The monoisotopic (exact) mass is 480 g/mol. The summed E-state index contributed by atoms with van der Waals surface area (Å²) in [5.74, 6) is 0. The van der Waals surface area contributed by atoms with Crippen LogP contribution in [0.4, 0.5) is 0 Å². The first-order valence-corrected chi connectivity index (χ1v) is 12.8. The van der Waals surface area contributed by atoms with Gasteiger partial charge in [-0.15, -0.1) is 6.58 Å². The van der Waals surface area contributed by atoms with Gasteiger partial charge in [-0.2, -0.15) is 0 Å². The Labute approximate surface area is 208 Å². The number of rotatable bonds is 9. The number of fused-ring (bicyclic) bond motifs is 1. The van der Waals surface area contributed by atoms with E-state index in [4.69, 9.17) is 28.4 Å². The molecule has 1 aliphatic carbocycles. The minimum atomic E-state index is -0.555. The summed E-state index contributed by atoms with van der Waals surface area (Å²) < 4.78 is 38.4. The molecule has 0 amide bonds. The number of hydrogen-bond donors (Lipinski definition) is 0. The van der Waals surface area contributed by atoms with Gasteiger partial charge in [-0.3, -0.25) is 0 Å². The highest BCUT2D eigenvalue weighted by Gasteiger charge is 2.52. The van der Waals surface area contributed by atoms with E-state index in [9.17, 15) is 0 Å². The molecule has 2 aliphatic heterocycles. The zero-order chi connectivity index (χ0) is 23.9. The van der Waals surface area contributed by atoms with Crippen molar-refractivity contribution in [1.82, 2.24) is 0 Å². The van der Waals surface area contributed by atoms with Crippen molar-refractivity contribution < 1.29 is 28.4 Å². The minimum Gasteiger partial charge on any atom is -0.368 e. The first-order valence-electron chi connectivity index (χ1n) is 12.8. The third kappa shape index (κ3) is 6.20. The Balaban J connectivity index is 1.38. The van der Waals surface area contributed by atoms with Gasteiger partial charge in [0.25, 0.3) is 0 Å². The second kappa shape index (κ2) is 12.3. The molecule has 2 aromatic rings. The van der Waals surface area contributed by atoms with Gasteiger partial charge in [0, 0.05) is 5.56 Å². The summed E-state index contributed by atoms with van der Waals surface area (Å²) in [7, 11) is 0. The first-order chi connectivity index (χ1) is 17.3. The Hall–Kier alpha value is -2.06. The molecule has 1 unspecified atom stereocenters. The highest BCUT2D eigenvalue weighted by molar-refractivity contribution is 5.17. The van der Waals surface area contributed by atoms with Crippen LogP contribution < -0.4 is 0 Å². The molecule has 0 N–H and O–H groups in total. The summed E-state index contributed by atoms with van der Waals surface area (Å²) in [4.78, 5) is 0. The van der Waals surface area contributed by atoms with Gasteiger partial charge < -0.3 is 28.4 Å². The lowest BCUT2D eigenvalue weighted by atomic mass is 9.95. The van der Waals surface area contributed by atoms with E-state index in [0.717, 1.165) is 24.0 Å². The standard InChI is InChI=1S/C29H36O6/c1-2-18-30-27-26(31-19-21-12-6-3-7-13-21)25-24(34-29(27)33-23-16-10-5-11-17-23)20-32-28(35-25)22-14-8-4-9-15-22/h2-4,6-9,12-15,23-29H,1,5,10-11,16-20H2/t24-,25-,26+,27+,28?,29+/m1/s1. The zero-order valence-corrected chi connectivity index (χ0v) is 20.2. The van der Waals surface area contributed by atoms with Crippen molar-refractivity contribution in [2.24, 2.45) is 0 Å². The van der Waals surface area contributed by atoms with Crippen molar-refractivity contribution in [3.05, 3.63) is 84.4 Å². The maximum atomic E-state index is 6.55. The Bertz CT molecular complexity index is 900. The molecule has 2 aromatic carbocycles. The van der Waals surface area contributed by atoms with Gasteiger partial charge in [-0.25, -0.2) is 0 Å². The smallest absolute Gasteiger partial charge is 0.187 e. The van der Waals surface area contributed by atoms with Crippen molar-refractivity contribution in [3.8, 4) is 0 Å². The van der Waals surface area contributed by atoms with Crippen molar-refractivity contribution in [2.45, 2.75) is 81.8 Å². The van der Waals surface area contributed by atoms with E-state index in [-0.39, 0.29) is 18.3 Å². The SMILES string of the molecule is C=CCO[C@@H]1[C@@H](OC2CCCCC2)O[C@@H]2COC(c3ccccc3)O[C@H]2[C@@H]1OCc1ccccc1. The Morgan fingerprint density at radius 3 is 2.34 bits per heavy atom. The molecular formula is C29H36O6. The molecule has 0 aromatic heterocycles. The molecule has 3 fully saturated rings. The number of hydrogen-bond acceptors (Lipinski definition) is 6. The molecule has 35 heavy (non-hydrogen) atoms. The third-order valence-electron chi connectivity index (χ3n) is 6.93. The average Bonchev–Trinajstić information content (AvgIpc) is 2.92. The molecule has 5 rings (SSSR count). The lowest BCUT2D eigenvalue weighted by Crippen LogP contribution is -2.64. The van der Waals surface area contributed by atoms with E-state index in [1.165, 1.54) is 19.3 Å². The quantitative estimate of drug-likeness (QED) is 0.452. The van der Waals surface area contributed by atoms with Crippen LogP contribution in [0.25, 0.3) is 0 Å². The largest absolute Gasteiger partial charge is 0.368 e. The summed E-state index contributed by atoms with van der Waals surface area (Å²) in [6.07, 6.45) is 5.06. The van der Waals surface area contributed by atoms with Crippen LogP contribution >= 0.6 is 0 Å². The van der Waals surface area contributed by atoms with Crippen LogP contribution in [0.15, 0.2) is 73.3 Å². The van der Waals surface area contributed by atoms with Crippen LogP contribution in [0.2, 0.25) is 0 Å². The molecule has 2 heterocycles. The van der Waals surface area contributed by atoms with Crippen LogP contribution in [0.3, 0.4) is 0 Å². The number of benzene rings is 2. The molecule has 6 atom stereocenters. The lowest BCUT2D eigenvalue weighted by molar-refractivity contribution is -0.376. The maximum Gasteiger partial charge on any atom is 0.187 e. The summed E-state index contributed by atoms with van der Waals surface area (Å²) >= 11 is 0. The summed E-state index contributed by atoms with van der Waals surface area (Å²) in [6.45, 7) is 5.05. The summed E-state index contributed by atoms with van der Waals surface area (Å²) in [5, 5.41) is 0. The van der Waals surface area contributed by atoms with E-state index >= 15 is 0 Å².